The summed E-state index contributed by atoms with van der Waals surface area (Å²) in [5.74, 6) is 0. The molecule has 0 spiro atoms. The van der Waals surface area contributed by atoms with Crippen molar-refractivity contribution in [2.75, 3.05) is 19.6 Å². The summed E-state index contributed by atoms with van der Waals surface area (Å²) in [6.07, 6.45) is 2.41. The van der Waals surface area contributed by atoms with Crippen LogP contribution in [0.2, 0.25) is 0 Å². The Kier molecular flexibility index (Phi) is 2.56. The maximum atomic E-state index is 5.36. The van der Waals surface area contributed by atoms with Gasteiger partial charge in [-0.1, -0.05) is 12.2 Å². The summed E-state index contributed by atoms with van der Waals surface area (Å²) in [6, 6.07) is 0.704. The highest BCUT2D eigenvalue weighted by Crippen LogP contribution is 2.27. The van der Waals surface area contributed by atoms with Crippen LogP contribution in [0.25, 0.3) is 0 Å². The molecule has 0 unspecified atom stereocenters. The van der Waals surface area contributed by atoms with Gasteiger partial charge in [-0.05, 0) is 33.6 Å². The third-order valence-corrected chi connectivity index (χ3v) is 3.88. The van der Waals surface area contributed by atoms with Crippen molar-refractivity contribution >= 4 is 17.2 Å². The topological polar surface area (TPSA) is 6.48 Å². The lowest BCUT2D eigenvalue weighted by Gasteiger charge is -2.45. The van der Waals surface area contributed by atoms with Crippen molar-refractivity contribution in [1.29, 1.82) is 0 Å². The van der Waals surface area contributed by atoms with Crippen molar-refractivity contribution in [3.63, 3.8) is 0 Å². The van der Waals surface area contributed by atoms with Gasteiger partial charge in [0.25, 0.3) is 0 Å². The van der Waals surface area contributed by atoms with E-state index >= 15 is 0 Å². The van der Waals surface area contributed by atoms with Gasteiger partial charge in [-0.2, -0.15) is 0 Å². The number of piperazine rings is 1. The number of fused-ring (bicyclic) bond motifs is 1. The third kappa shape index (κ3) is 1.80. The predicted molar refractivity (Wildman–Crippen MR) is 63.7 cm³/mol. The van der Waals surface area contributed by atoms with E-state index in [2.05, 4.69) is 30.6 Å². The van der Waals surface area contributed by atoms with Crippen molar-refractivity contribution in [2.24, 2.45) is 0 Å². The number of hydrogen-bond donors (Lipinski definition) is 0. The first-order chi connectivity index (χ1) is 6.48. The first-order valence-electron chi connectivity index (χ1n) is 5.53. The number of thiocarbonyl (C=S) groups is 1. The third-order valence-electron chi connectivity index (χ3n) is 3.44. The van der Waals surface area contributed by atoms with Gasteiger partial charge in [0.15, 0.2) is 0 Å². The van der Waals surface area contributed by atoms with Crippen LogP contribution in [-0.2, 0) is 0 Å². The fourth-order valence-corrected chi connectivity index (χ4v) is 2.83. The maximum absolute atomic E-state index is 5.36. The van der Waals surface area contributed by atoms with E-state index in [0.29, 0.717) is 11.6 Å². The zero-order valence-corrected chi connectivity index (χ0v) is 10.2. The Balaban J connectivity index is 2.03. The van der Waals surface area contributed by atoms with Crippen molar-refractivity contribution < 1.29 is 0 Å². The first kappa shape index (κ1) is 10.4. The van der Waals surface area contributed by atoms with Crippen LogP contribution in [0.15, 0.2) is 0 Å². The van der Waals surface area contributed by atoms with Crippen molar-refractivity contribution in [3.8, 4) is 0 Å². The van der Waals surface area contributed by atoms with Crippen LogP contribution in [0.1, 0.15) is 33.6 Å². The SMILES string of the molecule is CC(C)(C)N1CCN2C(=S)CC[C@@H]2C1. The molecular formula is C11H20N2S. The van der Waals surface area contributed by atoms with Crippen LogP contribution in [-0.4, -0.2) is 46.0 Å². The summed E-state index contributed by atoms with van der Waals surface area (Å²) in [5.41, 5.74) is 0.316. The lowest BCUT2D eigenvalue weighted by molar-refractivity contribution is 0.0613. The van der Waals surface area contributed by atoms with E-state index in [-0.39, 0.29) is 0 Å². The average molecular weight is 212 g/mol. The van der Waals surface area contributed by atoms with E-state index in [4.69, 9.17) is 12.2 Å². The Hall–Kier alpha value is -0.150. The van der Waals surface area contributed by atoms with Crippen LogP contribution < -0.4 is 0 Å². The molecule has 0 aromatic carbocycles. The molecule has 2 heterocycles. The molecule has 2 rings (SSSR count). The van der Waals surface area contributed by atoms with Gasteiger partial charge in [0.1, 0.15) is 0 Å². The smallest absolute Gasteiger partial charge is 0.0783 e. The molecule has 2 aliphatic heterocycles. The summed E-state index contributed by atoms with van der Waals surface area (Å²) in [5, 5.41) is 0. The van der Waals surface area contributed by atoms with Gasteiger partial charge in [0, 0.05) is 31.2 Å². The highest BCUT2D eigenvalue weighted by molar-refractivity contribution is 7.80. The van der Waals surface area contributed by atoms with Crippen molar-refractivity contribution in [1.82, 2.24) is 9.80 Å². The lowest BCUT2D eigenvalue weighted by atomic mass is 10.0. The van der Waals surface area contributed by atoms with Crippen LogP contribution in [0, 0.1) is 0 Å². The Labute approximate surface area is 92.3 Å². The standard InChI is InChI=1S/C11H20N2S/c1-11(2,3)12-6-7-13-9(8-12)4-5-10(13)14/h9H,4-8H2,1-3H3/t9-/m1/s1. The average Bonchev–Trinajstić information content (AvgIpc) is 2.46. The molecule has 0 bridgehead atoms. The maximum Gasteiger partial charge on any atom is 0.0783 e. The molecule has 0 radical (unpaired) electrons. The van der Waals surface area contributed by atoms with Crippen LogP contribution in [0.5, 0.6) is 0 Å². The van der Waals surface area contributed by atoms with E-state index in [1.165, 1.54) is 24.5 Å². The van der Waals surface area contributed by atoms with Gasteiger partial charge in [0.2, 0.25) is 0 Å². The first-order valence-corrected chi connectivity index (χ1v) is 5.94. The molecule has 2 fully saturated rings. The van der Waals surface area contributed by atoms with Gasteiger partial charge in [-0.15, -0.1) is 0 Å². The second-order valence-corrected chi connectivity index (χ2v) is 5.87. The number of hydrogen-bond acceptors (Lipinski definition) is 2. The Morgan fingerprint density at radius 3 is 2.64 bits per heavy atom. The van der Waals surface area contributed by atoms with Gasteiger partial charge in [0.05, 0.1) is 4.99 Å². The molecule has 14 heavy (non-hydrogen) atoms. The quantitative estimate of drug-likeness (QED) is 0.566. The van der Waals surface area contributed by atoms with Gasteiger partial charge < -0.3 is 4.90 Å². The van der Waals surface area contributed by atoms with E-state index in [0.717, 1.165) is 13.0 Å². The Morgan fingerprint density at radius 2 is 2.00 bits per heavy atom. The summed E-state index contributed by atoms with van der Waals surface area (Å²) in [4.78, 5) is 6.23. The highest BCUT2D eigenvalue weighted by atomic mass is 32.1. The molecule has 0 aromatic rings. The molecule has 0 aromatic heterocycles. The fourth-order valence-electron chi connectivity index (χ4n) is 2.47. The second-order valence-electron chi connectivity index (χ2n) is 5.40. The minimum Gasteiger partial charge on any atom is -0.361 e. The second kappa shape index (κ2) is 3.46. The molecule has 2 saturated heterocycles. The molecule has 80 valence electrons. The molecule has 1 atom stereocenters. The molecule has 3 heteroatoms. The van der Waals surface area contributed by atoms with E-state index in [9.17, 15) is 0 Å². The van der Waals surface area contributed by atoms with Gasteiger partial charge in [-0.25, -0.2) is 0 Å². The Morgan fingerprint density at radius 1 is 1.29 bits per heavy atom. The number of nitrogens with zero attached hydrogens (tertiary/aromatic N) is 2. The van der Waals surface area contributed by atoms with Gasteiger partial charge in [-0.3, -0.25) is 4.90 Å². The zero-order valence-electron chi connectivity index (χ0n) is 9.42. The Bertz CT molecular complexity index is 244. The summed E-state index contributed by atoms with van der Waals surface area (Å²) >= 11 is 5.36. The minimum absolute atomic E-state index is 0.316. The molecule has 0 amide bonds. The highest BCUT2D eigenvalue weighted by Gasteiger charge is 2.36. The largest absolute Gasteiger partial charge is 0.361 e. The van der Waals surface area contributed by atoms with Crippen LogP contribution in [0.3, 0.4) is 0 Å². The molecular weight excluding hydrogens is 192 g/mol. The molecule has 0 aliphatic carbocycles. The molecule has 0 N–H and O–H groups in total. The predicted octanol–water partition coefficient (Wildman–Crippen LogP) is 1.89. The van der Waals surface area contributed by atoms with E-state index in [1.54, 1.807) is 0 Å². The van der Waals surface area contributed by atoms with Crippen molar-refractivity contribution in [2.45, 2.75) is 45.2 Å². The van der Waals surface area contributed by atoms with Crippen LogP contribution >= 0.6 is 12.2 Å². The van der Waals surface area contributed by atoms with E-state index < -0.39 is 0 Å². The minimum atomic E-state index is 0.316. The summed E-state index contributed by atoms with van der Waals surface area (Å²) in [6.45, 7) is 10.4. The van der Waals surface area contributed by atoms with Crippen molar-refractivity contribution in [3.05, 3.63) is 0 Å². The molecule has 0 saturated carbocycles. The van der Waals surface area contributed by atoms with Crippen LogP contribution in [0.4, 0.5) is 0 Å². The lowest BCUT2D eigenvalue weighted by Crippen LogP contribution is -2.56. The van der Waals surface area contributed by atoms with E-state index in [1.807, 2.05) is 0 Å². The molecule has 2 nitrogen and oxygen atoms in total. The summed E-state index contributed by atoms with van der Waals surface area (Å²) in [7, 11) is 0. The monoisotopic (exact) mass is 212 g/mol. The normalized spacial score (nSPS) is 29.5. The van der Waals surface area contributed by atoms with Gasteiger partial charge >= 0.3 is 0 Å². The zero-order chi connectivity index (χ0) is 10.3. The fraction of sp³-hybridized carbons (Fsp3) is 0.909. The number of rotatable bonds is 0. The molecule has 2 aliphatic rings. The summed E-state index contributed by atoms with van der Waals surface area (Å²) < 4.78 is 0.